The lowest BCUT2D eigenvalue weighted by molar-refractivity contribution is -0.121. The lowest BCUT2D eigenvalue weighted by Crippen LogP contribution is -2.65. The van der Waals surface area contributed by atoms with Crippen LogP contribution in [0.25, 0.3) is 0 Å². The van der Waals surface area contributed by atoms with Crippen molar-refractivity contribution in [1.29, 1.82) is 0 Å². The molecule has 0 aromatic heterocycles. The largest absolute Gasteiger partial charge is 0.355 e. The molecule has 6 nitrogen and oxygen atoms in total. The molecular weight excluding hydrogens is 424 g/mol. The number of hydrogen-bond acceptors (Lipinski definition) is 4. The van der Waals surface area contributed by atoms with E-state index in [2.05, 4.69) is 20.0 Å². The van der Waals surface area contributed by atoms with Gasteiger partial charge in [0.15, 0.2) is 0 Å². The number of hydrogen-bond donors (Lipinski definition) is 1. The Balaban J connectivity index is 1.22. The molecular formula is C28H42N4O2. The highest BCUT2D eigenvalue weighted by atomic mass is 16.2. The molecule has 6 heteroatoms. The number of nitrogens with one attached hydrogen (secondary N) is 1. The number of nitrogens with zero attached hydrogens (tertiary/aromatic N) is 3. The average molecular weight is 467 g/mol. The van der Waals surface area contributed by atoms with E-state index in [0.29, 0.717) is 24.3 Å². The molecule has 4 heterocycles. The van der Waals surface area contributed by atoms with Gasteiger partial charge in [0.2, 0.25) is 5.91 Å². The van der Waals surface area contributed by atoms with Gasteiger partial charge < -0.3 is 15.1 Å². The second kappa shape index (κ2) is 11.2. The minimum absolute atomic E-state index is 0.164. The first kappa shape index (κ1) is 23.8. The smallest absolute Gasteiger partial charge is 0.254 e. The van der Waals surface area contributed by atoms with Gasteiger partial charge in [-0.15, -0.1) is 0 Å². The van der Waals surface area contributed by atoms with E-state index < -0.39 is 0 Å². The molecule has 4 aliphatic heterocycles. The molecule has 4 saturated heterocycles. The summed E-state index contributed by atoms with van der Waals surface area (Å²) in [7, 11) is 0. The molecule has 1 N–H and O–H groups in total. The quantitative estimate of drug-likeness (QED) is 0.638. The van der Waals surface area contributed by atoms with Gasteiger partial charge in [-0.25, -0.2) is 0 Å². The maximum Gasteiger partial charge on any atom is 0.254 e. The van der Waals surface area contributed by atoms with Crippen LogP contribution >= 0.6 is 0 Å². The Kier molecular flexibility index (Phi) is 7.85. The van der Waals surface area contributed by atoms with Crippen molar-refractivity contribution in [2.75, 3.05) is 45.8 Å². The number of piperidine rings is 3. The molecule has 4 fully saturated rings. The van der Waals surface area contributed by atoms with Crippen LogP contribution in [0, 0.1) is 11.8 Å². The van der Waals surface area contributed by atoms with Crippen LogP contribution in [-0.4, -0.2) is 84.4 Å². The van der Waals surface area contributed by atoms with Crippen LogP contribution in [0.4, 0.5) is 0 Å². The first-order valence-corrected chi connectivity index (χ1v) is 13.8. The third-order valence-electron chi connectivity index (χ3n) is 8.81. The lowest BCUT2D eigenvalue weighted by atomic mass is 9.69. The van der Waals surface area contributed by atoms with E-state index in [4.69, 9.17) is 0 Å². The lowest BCUT2D eigenvalue weighted by Gasteiger charge is -2.57. The van der Waals surface area contributed by atoms with Crippen LogP contribution in [-0.2, 0) is 4.79 Å². The topological polar surface area (TPSA) is 55.9 Å². The molecule has 0 spiro atoms. The van der Waals surface area contributed by atoms with Gasteiger partial charge in [-0.05, 0) is 102 Å². The van der Waals surface area contributed by atoms with Gasteiger partial charge in [-0.2, -0.15) is 0 Å². The summed E-state index contributed by atoms with van der Waals surface area (Å²) < 4.78 is 0. The summed E-state index contributed by atoms with van der Waals surface area (Å²) >= 11 is 0. The van der Waals surface area contributed by atoms with Gasteiger partial charge in [0.05, 0.1) is 0 Å². The molecule has 4 aliphatic rings. The summed E-state index contributed by atoms with van der Waals surface area (Å²) in [5.74, 6) is 1.48. The summed E-state index contributed by atoms with van der Waals surface area (Å²) in [4.78, 5) is 33.5. The molecule has 0 bridgehead atoms. The Morgan fingerprint density at radius 1 is 0.941 bits per heavy atom. The van der Waals surface area contributed by atoms with Crippen LogP contribution in [0.5, 0.6) is 0 Å². The summed E-state index contributed by atoms with van der Waals surface area (Å²) in [5, 5.41) is 3.13. The van der Waals surface area contributed by atoms with E-state index in [1.807, 2.05) is 30.3 Å². The van der Waals surface area contributed by atoms with E-state index in [1.54, 1.807) is 0 Å². The summed E-state index contributed by atoms with van der Waals surface area (Å²) in [6, 6.07) is 10.7. The summed E-state index contributed by atoms with van der Waals surface area (Å²) in [5.41, 5.74) is 0.800. The fourth-order valence-corrected chi connectivity index (χ4v) is 7.26. The monoisotopic (exact) mass is 466 g/mol. The average Bonchev–Trinajstić information content (AvgIpc) is 3.39. The van der Waals surface area contributed by atoms with Gasteiger partial charge in [0, 0.05) is 43.7 Å². The normalized spacial score (nSPS) is 29.6. The Morgan fingerprint density at radius 2 is 1.71 bits per heavy atom. The second-order valence-corrected chi connectivity index (χ2v) is 10.9. The number of rotatable bonds is 8. The van der Waals surface area contributed by atoms with Crippen LogP contribution in [0.2, 0.25) is 0 Å². The fraction of sp³-hybridized carbons (Fsp3) is 0.714. The molecule has 1 aromatic rings. The molecule has 4 atom stereocenters. The summed E-state index contributed by atoms with van der Waals surface area (Å²) in [6.45, 7) is 7.37. The van der Waals surface area contributed by atoms with Gasteiger partial charge in [-0.3, -0.25) is 14.5 Å². The van der Waals surface area contributed by atoms with E-state index in [1.165, 1.54) is 64.7 Å². The summed E-state index contributed by atoms with van der Waals surface area (Å²) in [6.07, 6.45) is 9.85. The second-order valence-electron chi connectivity index (χ2n) is 10.9. The SMILES string of the molecule is O=C(CCC[C@@H]1[C@H]2CCCN3CCC[C@@H](CN1C(=O)c1ccccc1)[C@@H]23)NCCN1CCCC1. The standard InChI is InChI=1S/C28H42N4O2/c33-26(29-15-20-30-16-4-5-17-30)14-6-13-25-24-12-8-19-31-18-7-11-23(27(24)31)21-32(25)28(34)22-9-2-1-3-10-22/h1-3,9-10,23-25,27H,4-8,11-21H2,(H,29,33)/t23-,24+,25+,27-/m0/s1. The van der Waals surface area contributed by atoms with E-state index in [-0.39, 0.29) is 17.9 Å². The van der Waals surface area contributed by atoms with Gasteiger partial charge in [-0.1, -0.05) is 18.2 Å². The molecule has 1 aromatic carbocycles. The van der Waals surface area contributed by atoms with Crippen molar-refractivity contribution in [2.24, 2.45) is 11.8 Å². The zero-order valence-electron chi connectivity index (χ0n) is 20.7. The number of carbonyl (C=O) groups excluding carboxylic acids is 2. The van der Waals surface area contributed by atoms with Crippen molar-refractivity contribution in [3.63, 3.8) is 0 Å². The zero-order valence-corrected chi connectivity index (χ0v) is 20.7. The zero-order chi connectivity index (χ0) is 23.3. The number of carbonyl (C=O) groups is 2. The first-order chi connectivity index (χ1) is 16.7. The van der Waals surface area contributed by atoms with Crippen molar-refractivity contribution in [3.05, 3.63) is 35.9 Å². The van der Waals surface area contributed by atoms with Crippen molar-refractivity contribution in [2.45, 2.75) is 69.9 Å². The molecule has 186 valence electrons. The van der Waals surface area contributed by atoms with E-state index in [9.17, 15) is 9.59 Å². The minimum Gasteiger partial charge on any atom is -0.355 e. The highest BCUT2D eigenvalue weighted by molar-refractivity contribution is 5.94. The Morgan fingerprint density at radius 3 is 2.50 bits per heavy atom. The van der Waals surface area contributed by atoms with Crippen LogP contribution in [0.3, 0.4) is 0 Å². The van der Waals surface area contributed by atoms with E-state index in [0.717, 1.165) is 38.0 Å². The Labute approximate surface area is 205 Å². The predicted octanol–water partition coefficient (Wildman–Crippen LogP) is 3.38. The number of amides is 2. The predicted molar refractivity (Wildman–Crippen MR) is 135 cm³/mol. The molecule has 2 amide bonds. The van der Waals surface area contributed by atoms with Crippen molar-refractivity contribution in [3.8, 4) is 0 Å². The molecule has 0 aliphatic carbocycles. The molecule has 0 unspecified atom stereocenters. The number of benzene rings is 1. The van der Waals surface area contributed by atoms with Crippen LogP contribution in [0.1, 0.15) is 68.1 Å². The van der Waals surface area contributed by atoms with Crippen LogP contribution in [0.15, 0.2) is 30.3 Å². The van der Waals surface area contributed by atoms with Crippen LogP contribution < -0.4 is 5.32 Å². The van der Waals surface area contributed by atoms with Gasteiger partial charge in [0.1, 0.15) is 0 Å². The highest BCUT2D eigenvalue weighted by Crippen LogP contribution is 2.43. The minimum atomic E-state index is 0.164. The van der Waals surface area contributed by atoms with Crippen molar-refractivity contribution in [1.82, 2.24) is 20.0 Å². The highest BCUT2D eigenvalue weighted by Gasteiger charge is 2.49. The first-order valence-electron chi connectivity index (χ1n) is 13.8. The maximum absolute atomic E-state index is 13.6. The van der Waals surface area contributed by atoms with E-state index >= 15 is 0 Å². The Bertz CT molecular complexity index is 823. The molecule has 0 radical (unpaired) electrons. The third-order valence-corrected chi connectivity index (χ3v) is 8.81. The maximum atomic E-state index is 13.6. The molecule has 34 heavy (non-hydrogen) atoms. The molecule has 5 rings (SSSR count). The van der Waals surface area contributed by atoms with Crippen molar-refractivity contribution < 1.29 is 9.59 Å². The van der Waals surface area contributed by atoms with Gasteiger partial charge >= 0.3 is 0 Å². The fourth-order valence-electron chi connectivity index (χ4n) is 7.26. The van der Waals surface area contributed by atoms with Gasteiger partial charge in [0.25, 0.3) is 5.91 Å². The third kappa shape index (κ3) is 5.33. The van der Waals surface area contributed by atoms with Crippen molar-refractivity contribution >= 4 is 11.8 Å². The number of likely N-dealkylation sites (tertiary alicyclic amines) is 2. The Hall–Kier alpha value is -1.92. The molecule has 0 saturated carbocycles.